The van der Waals surface area contributed by atoms with Crippen LogP contribution in [0, 0.1) is 0 Å². The highest BCUT2D eigenvalue weighted by molar-refractivity contribution is 6.30. The summed E-state index contributed by atoms with van der Waals surface area (Å²) in [4.78, 5) is 26.2. The van der Waals surface area contributed by atoms with Gasteiger partial charge in [0, 0.05) is 37.5 Å². The third-order valence-corrected chi connectivity index (χ3v) is 4.93. The van der Waals surface area contributed by atoms with Crippen LogP contribution < -0.4 is 15.4 Å². The second-order valence-electron chi connectivity index (χ2n) is 6.51. The molecule has 0 bridgehead atoms. The Morgan fingerprint density at radius 1 is 1.31 bits per heavy atom. The largest absolute Gasteiger partial charge is 0.477 e. The molecule has 1 aromatic carbocycles. The highest BCUT2D eigenvalue weighted by Gasteiger charge is 2.42. The second-order valence-corrected chi connectivity index (χ2v) is 6.95. The highest BCUT2D eigenvalue weighted by Crippen LogP contribution is 2.28. The van der Waals surface area contributed by atoms with Crippen LogP contribution in [-0.4, -0.2) is 61.8 Å². The summed E-state index contributed by atoms with van der Waals surface area (Å²) in [6.45, 7) is 3.34. The minimum atomic E-state index is -0.915. The van der Waals surface area contributed by atoms with E-state index in [-0.39, 0.29) is 12.0 Å². The summed E-state index contributed by atoms with van der Waals surface area (Å²) < 4.78 is 11.1. The molecule has 0 saturated carbocycles. The smallest absolute Gasteiger partial charge is 0.409 e. The van der Waals surface area contributed by atoms with Gasteiger partial charge in [-0.2, -0.15) is 0 Å². The molecule has 2 N–H and O–H groups in total. The molecule has 0 spiro atoms. The lowest BCUT2D eigenvalue weighted by Gasteiger charge is -2.36. The van der Waals surface area contributed by atoms with Crippen molar-refractivity contribution in [2.24, 2.45) is 0 Å². The molecule has 2 aliphatic rings. The maximum absolute atomic E-state index is 12.9. The number of ether oxygens (including phenoxy) is 2. The molecule has 142 valence electrons. The molecule has 0 radical (unpaired) electrons. The lowest BCUT2D eigenvalue weighted by Crippen LogP contribution is -2.57. The van der Waals surface area contributed by atoms with Gasteiger partial charge in [-0.3, -0.25) is 4.79 Å². The number of rotatable bonds is 6. The minimum Gasteiger partial charge on any atom is -0.477 e. The van der Waals surface area contributed by atoms with E-state index in [1.807, 2.05) is 0 Å². The molecule has 3 rings (SSSR count). The minimum absolute atomic E-state index is 0.153. The van der Waals surface area contributed by atoms with Gasteiger partial charge in [0.05, 0.1) is 6.61 Å². The Bertz CT molecular complexity index is 632. The molecule has 7 nitrogen and oxygen atoms in total. The molecule has 0 unspecified atom stereocenters. The van der Waals surface area contributed by atoms with Gasteiger partial charge in [-0.1, -0.05) is 11.6 Å². The van der Waals surface area contributed by atoms with Gasteiger partial charge >= 0.3 is 6.09 Å². The first kappa shape index (κ1) is 18.8. The molecule has 1 aromatic rings. The fourth-order valence-corrected chi connectivity index (χ4v) is 3.33. The van der Waals surface area contributed by atoms with Crippen LogP contribution in [0.4, 0.5) is 4.79 Å². The van der Waals surface area contributed by atoms with Crippen molar-refractivity contribution in [2.45, 2.75) is 24.9 Å². The summed E-state index contributed by atoms with van der Waals surface area (Å²) in [5.41, 5.74) is -0.915. The maximum atomic E-state index is 12.9. The van der Waals surface area contributed by atoms with Crippen molar-refractivity contribution in [3.8, 4) is 5.75 Å². The van der Waals surface area contributed by atoms with E-state index in [1.54, 1.807) is 29.2 Å². The van der Waals surface area contributed by atoms with Crippen LogP contribution >= 0.6 is 11.6 Å². The van der Waals surface area contributed by atoms with Gasteiger partial charge in [0.15, 0.2) is 5.60 Å². The number of hydrogen-bond acceptors (Lipinski definition) is 5. The number of nitrogens with zero attached hydrogens (tertiary/aromatic N) is 1. The molecule has 0 aromatic heterocycles. The monoisotopic (exact) mass is 381 g/mol. The maximum Gasteiger partial charge on any atom is 0.409 e. The van der Waals surface area contributed by atoms with Crippen molar-refractivity contribution in [1.29, 1.82) is 0 Å². The molecule has 2 fully saturated rings. The summed E-state index contributed by atoms with van der Waals surface area (Å²) in [6, 6.07) is 7.02. The second kappa shape index (κ2) is 8.60. The zero-order chi connectivity index (χ0) is 18.4. The van der Waals surface area contributed by atoms with Gasteiger partial charge < -0.3 is 25.0 Å². The first-order chi connectivity index (χ1) is 12.6. The summed E-state index contributed by atoms with van der Waals surface area (Å²) >= 11 is 5.92. The first-order valence-electron chi connectivity index (χ1n) is 8.94. The molecule has 2 amide bonds. The highest BCUT2D eigenvalue weighted by atomic mass is 35.5. The number of carbonyl (C=O) groups excluding carboxylic acids is 2. The van der Waals surface area contributed by atoms with Crippen molar-refractivity contribution in [3.63, 3.8) is 0 Å². The van der Waals surface area contributed by atoms with E-state index in [2.05, 4.69) is 10.6 Å². The van der Waals surface area contributed by atoms with Crippen molar-refractivity contribution in [1.82, 2.24) is 15.5 Å². The number of hydrogen-bond donors (Lipinski definition) is 2. The Hall–Kier alpha value is -1.99. The number of amides is 2. The van der Waals surface area contributed by atoms with E-state index < -0.39 is 5.60 Å². The molecular formula is C18H24ClN3O4. The SMILES string of the molecule is O=C1OCCCN1CCNC(=O)C1(Oc2ccc(Cl)cc2)CCNCC1. The average molecular weight is 382 g/mol. The molecule has 8 heteroatoms. The summed E-state index contributed by atoms with van der Waals surface area (Å²) in [6.07, 6.45) is 1.65. The van der Waals surface area contributed by atoms with Crippen LogP contribution in [0.15, 0.2) is 24.3 Å². The number of benzene rings is 1. The van der Waals surface area contributed by atoms with Gasteiger partial charge in [0.2, 0.25) is 0 Å². The van der Waals surface area contributed by atoms with Crippen molar-refractivity contribution < 1.29 is 19.1 Å². The van der Waals surface area contributed by atoms with Gasteiger partial charge in [0.1, 0.15) is 5.75 Å². The van der Waals surface area contributed by atoms with E-state index in [4.69, 9.17) is 21.1 Å². The molecular weight excluding hydrogens is 358 g/mol. The molecule has 0 atom stereocenters. The lowest BCUT2D eigenvalue weighted by molar-refractivity contribution is -0.139. The third-order valence-electron chi connectivity index (χ3n) is 4.68. The van der Waals surface area contributed by atoms with Gasteiger partial charge in [0.25, 0.3) is 5.91 Å². The van der Waals surface area contributed by atoms with Crippen LogP contribution in [0.1, 0.15) is 19.3 Å². The van der Waals surface area contributed by atoms with Crippen molar-refractivity contribution in [3.05, 3.63) is 29.3 Å². The van der Waals surface area contributed by atoms with E-state index in [0.29, 0.717) is 62.9 Å². The average Bonchev–Trinajstić information content (AvgIpc) is 2.66. The topological polar surface area (TPSA) is 79.9 Å². The van der Waals surface area contributed by atoms with Gasteiger partial charge in [-0.25, -0.2) is 4.79 Å². The van der Waals surface area contributed by atoms with E-state index in [9.17, 15) is 9.59 Å². The van der Waals surface area contributed by atoms with Crippen molar-refractivity contribution >= 4 is 23.6 Å². The van der Waals surface area contributed by atoms with Crippen LogP contribution in [0.2, 0.25) is 5.02 Å². The van der Waals surface area contributed by atoms with Crippen LogP contribution in [-0.2, 0) is 9.53 Å². The number of halogens is 1. The standard InChI is InChI=1S/C18H24ClN3O4/c19-14-2-4-15(5-3-14)26-18(6-8-20-9-7-18)16(23)21-10-12-22-11-1-13-25-17(22)24/h2-5,20H,1,6-13H2,(H,21,23). The quantitative estimate of drug-likeness (QED) is 0.785. The third kappa shape index (κ3) is 4.59. The molecule has 26 heavy (non-hydrogen) atoms. The van der Waals surface area contributed by atoms with E-state index in [1.165, 1.54) is 0 Å². The van der Waals surface area contributed by atoms with E-state index in [0.717, 1.165) is 6.42 Å². The van der Waals surface area contributed by atoms with Crippen LogP contribution in [0.5, 0.6) is 5.75 Å². The van der Waals surface area contributed by atoms with Gasteiger partial charge in [-0.05, 0) is 43.8 Å². The first-order valence-corrected chi connectivity index (χ1v) is 9.32. The zero-order valence-corrected chi connectivity index (χ0v) is 15.4. The Morgan fingerprint density at radius 2 is 2.04 bits per heavy atom. The Morgan fingerprint density at radius 3 is 2.73 bits per heavy atom. The number of cyclic esters (lactones) is 1. The summed E-state index contributed by atoms with van der Waals surface area (Å²) in [7, 11) is 0. The predicted octanol–water partition coefficient (Wildman–Crippen LogP) is 1.80. The fraction of sp³-hybridized carbons (Fsp3) is 0.556. The lowest BCUT2D eigenvalue weighted by atomic mass is 9.91. The Kier molecular flexibility index (Phi) is 6.21. The zero-order valence-electron chi connectivity index (χ0n) is 14.6. The van der Waals surface area contributed by atoms with Crippen molar-refractivity contribution in [2.75, 3.05) is 39.3 Å². The Labute approximate surface area is 158 Å². The number of piperidine rings is 1. The number of nitrogens with one attached hydrogen (secondary N) is 2. The molecule has 2 heterocycles. The van der Waals surface area contributed by atoms with Crippen LogP contribution in [0.25, 0.3) is 0 Å². The predicted molar refractivity (Wildman–Crippen MR) is 97.5 cm³/mol. The normalized spacial score (nSPS) is 19.6. The molecule has 2 saturated heterocycles. The molecule has 0 aliphatic carbocycles. The van der Waals surface area contributed by atoms with Crippen LogP contribution in [0.3, 0.4) is 0 Å². The van der Waals surface area contributed by atoms with E-state index >= 15 is 0 Å². The fourth-order valence-electron chi connectivity index (χ4n) is 3.20. The number of carbonyl (C=O) groups is 2. The summed E-state index contributed by atoms with van der Waals surface area (Å²) in [5.74, 6) is 0.463. The summed E-state index contributed by atoms with van der Waals surface area (Å²) in [5, 5.41) is 6.80. The Balaban J connectivity index is 1.60. The molecule has 2 aliphatic heterocycles. The van der Waals surface area contributed by atoms with Gasteiger partial charge in [-0.15, -0.1) is 0 Å².